The first-order valence-electron chi connectivity index (χ1n) is 6.93. The molecule has 1 heterocycles. The summed E-state index contributed by atoms with van der Waals surface area (Å²) in [5.41, 5.74) is 2.02. The van der Waals surface area contributed by atoms with Gasteiger partial charge in [0, 0.05) is 17.1 Å². The number of hydrogen-bond donors (Lipinski definition) is 1. The molecule has 0 fully saturated rings. The van der Waals surface area contributed by atoms with Gasteiger partial charge >= 0.3 is 5.69 Å². The van der Waals surface area contributed by atoms with Gasteiger partial charge < -0.3 is 14.5 Å². The Balaban J connectivity index is 1.99. The molecule has 0 radical (unpaired) electrons. The molecule has 22 heavy (non-hydrogen) atoms. The molecular formula is C17H16N2O3. The molecule has 0 saturated carbocycles. The number of aryl methyl sites for hydroxylation is 1. The zero-order valence-corrected chi connectivity index (χ0v) is 12.4. The second-order valence-electron chi connectivity index (χ2n) is 4.96. The van der Waals surface area contributed by atoms with Gasteiger partial charge in [-0.15, -0.1) is 0 Å². The van der Waals surface area contributed by atoms with Crippen LogP contribution in [0, 0.1) is 6.92 Å². The Hall–Kier alpha value is -2.82. The van der Waals surface area contributed by atoms with Crippen LogP contribution in [-0.4, -0.2) is 17.1 Å². The van der Waals surface area contributed by atoms with E-state index < -0.39 is 0 Å². The van der Waals surface area contributed by atoms with Crippen molar-refractivity contribution >= 4 is 10.9 Å². The van der Waals surface area contributed by atoms with E-state index in [0.29, 0.717) is 23.6 Å². The Morgan fingerprint density at radius 2 is 1.91 bits per heavy atom. The Morgan fingerprint density at radius 3 is 2.64 bits per heavy atom. The monoisotopic (exact) mass is 296 g/mol. The van der Waals surface area contributed by atoms with Crippen LogP contribution in [0.1, 0.15) is 11.3 Å². The third-order valence-corrected chi connectivity index (χ3v) is 3.44. The largest absolute Gasteiger partial charge is 0.493 e. The van der Waals surface area contributed by atoms with Crippen molar-refractivity contribution in [2.75, 3.05) is 7.11 Å². The summed E-state index contributed by atoms with van der Waals surface area (Å²) in [6, 6.07) is 13.4. The van der Waals surface area contributed by atoms with Crippen molar-refractivity contribution in [3.63, 3.8) is 0 Å². The lowest BCUT2D eigenvalue weighted by Gasteiger charge is -2.12. The smallest absolute Gasteiger partial charge is 0.345 e. The van der Waals surface area contributed by atoms with E-state index in [1.54, 1.807) is 13.2 Å². The van der Waals surface area contributed by atoms with E-state index in [1.807, 2.05) is 43.3 Å². The van der Waals surface area contributed by atoms with Gasteiger partial charge in [-0.05, 0) is 18.6 Å². The number of benzene rings is 2. The zero-order chi connectivity index (χ0) is 15.5. The molecule has 0 amide bonds. The van der Waals surface area contributed by atoms with Gasteiger partial charge in [0.1, 0.15) is 6.61 Å². The van der Waals surface area contributed by atoms with E-state index in [9.17, 15) is 4.79 Å². The number of rotatable bonds is 4. The fourth-order valence-corrected chi connectivity index (χ4v) is 2.31. The van der Waals surface area contributed by atoms with Crippen LogP contribution in [-0.2, 0) is 6.61 Å². The van der Waals surface area contributed by atoms with E-state index in [1.165, 1.54) is 0 Å². The predicted molar refractivity (Wildman–Crippen MR) is 84.4 cm³/mol. The van der Waals surface area contributed by atoms with Crippen LogP contribution in [0.2, 0.25) is 0 Å². The Bertz CT molecular complexity index is 857. The number of fused-ring (bicyclic) bond motifs is 1. The molecule has 0 atom stereocenters. The van der Waals surface area contributed by atoms with Crippen LogP contribution in [0.15, 0.2) is 47.3 Å². The maximum atomic E-state index is 11.5. The first-order chi connectivity index (χ1) is 10.7. The maximum Gasteiger partial charge on any atom is 0.345 e. The van der Waals surface area contributed by atoms with E-state index in [0.717, 1.165) is 16.6 Å². The lowest BCUT2D eigenvalue weighted by atomic mass is 10.1. The number of H-pyrrole nitrogens is 1. The second kappa shape index (κ2) is 5.89. The van der Waals surface area contributed by atoms with Gasteiger partial charge in [0.05, 0.1) is 12.6 Å². The van der Waals surface area contributed by atoms with Gasteiger partial charge in [-0.1, -0.05) is 30.3 Å². The summed E-state index contributed by atoms with van der Waals surface area (Å²) in [4.78, 5) is 18.2. The number of ether oxygens (including phenoxy) is 2. The molecule has 5 nitrogen and oxygen atoms in total. The minimum atomic E-state index is -0.371. The van der Waals surface area contributed by atoms with E-state index in [4.69, 9.17) is 9.47 Å². The second-order valence-corrected chi connectivity index (χ2v) is 4.96. The highest BCUT2D eigenvalue weighted by Gasteiger charge is 2.10. The molecule has 0 aliphatic heterocycles. The summed E-state index contributed by atoms with van der Waals surface area (Å²) in [5.74, 6) is 1.18. The van der Waals surface area contributed by atoms with Crippen molar-refractivity contribution in [1.82, 2.24) is 9.97 Å². The molecule has 3 rings (SSSR count). The highest BCUT2D eigenvalue weighted by atomic mass is 16.5. The third-order valence-electron chi connectivity index (χ3n) is 3.44. The van der Waals surface area contributed by atoms with Gasteiger partial charge in [0.2, 0.25) is 0 Å². The fourth-order valence-electron chi connectivity index (χ4n) is 2.31. The average Bonchev–Trinajstić information content (AvgIpc) is 2.53. The normalized spacial score (nSPS) is 10.6. The van der Waals surface area contributed by atoms with Crippen molar-refractivity contribution in [3.05, 3.63) is 64.2 Å². The molecule has 0 spiro atoms. The van der Waals surface area contributed by atoms with Crippen molar-refractivity contribution in [1.29, 1.82) is 0 Å². The number of nitrogens with zero attached hydrogens (tertiary/aromatic N) is 1. The Kier molecular flexibility index (Phi) is 3.78. The first-order valence-corrected chi connectivity index (χ1v) is 6.93. The SMILES string of the molecule is COc1cc2c(C)[nH]c(=O)nc2cc1OCc1ccccc1. The van der Waals surface area contributed by atoms with E-state index in [2.05, 4.69) is 9.97 Å². The summed E-state index contributed by atoms with van der Waals surface area (Å²) in [6.07, 6.45) is 0. The van der Waals surface area contributed by atoms with Crippen molar-refractivity contribution in [2.45, 2.75) is 13.5 Å². The number of hydrogen-bond acceptors (Lipinski definition) is 4. The zero-order valence-electron chi connectivity index (χ0n) is 12.4. The number of methoxy groups -OCH3 is 1. The quantitative estimate of drug-likeness (QED) is 0.804. The Morgan fingerprint density at radius 1 is 1.14 bits per heavy atom. The minimum Gasteiger partial charge on any atom is -0.493 e. The average molecular weight is 296 g/mol. The number of aromatic nitrogens is 2. The lowest BCUT2D eigenvalue weighted by molar-refractivity contribution is 0.285. The van der Waals surface area contributed by atoms with Crippen LogP contribution in [0.3, 0.4) is 0 Å². The first kappa shape index (κ1) is 14.1. The molecular weight excluding hydrogens is 280 g/mol. The third kappa shape index (κ3) is 2.79. The summed E-state index contributed by atoms with van der Waals surface area (Å²) in [5, 5.41) is 0.837. The fraction of sp³-hybridized carbons (Fsp3) is 0.176. The molecule has 0 bridgehead atoms. The maximum absolute atomic E-state index is 11.5. The van der Waals surface area contributed by atoms with Crippen LogP contribution < -0.4 is 15.2 Å². The molecule has 2 aromatic carbocycles. The van der Waals surface area contributed by atoms with Crippen molar-refractivity contribution in [2.24, 2.45) is 0 Å². The van der Waals surface area contributed by atoms with Crippen molar-refractivity contribution in [3.8, 4) is 11.5 Å². The molecule has 1 N–H and O–H groups in total. The Labute approximate surface area is 127 Å². The summed E-state index contributed by atoms with van der Waals surface area (Å²) < 4.78 is 11.2. The molecule has 5 heteroatoms. The highest BCUT2D eigenvalue weighted by Crippen LogP contribution is 2.32. The summed E-state index contributed by atoms with van der Waals surface area (Å²) in [6.45, 7) is 2.25. The topological polar surface area (TPSA) is 64.2 Å². The minimum absolute atomic E-state index is 0.371. The molecule has 1 aromatic heterocycles. The van der Waals surface area contributed by atoms with E-state index >= 15 is 0 Å². The van der Waals surface area contributed by atoms with Gasteiger partial charge in [0.15, 0.2) is 11.5 Å². The summed E-state index contributed by atoms with van der Waals surface area (Å²) >= 11 is 0. The van der Waals surface area contributed by atoms with E-state index in [-0.39, 0.29) is 5.69 Å². The van der Waals surface area contributed by atoms with Gasteiger partial charge in [-0.2, -0.15) is 4.98 Å². The van der Waals surface area contributed by atoms with Crippen LogP contribution in [0.5, 0.6) is 11.5 Å². The van der Waals surface area contributed by atoms with Gasteiger partial charge in [0.25, 0.3) is 0 Å². The highest BCUT2D eigenvalue weighted by molar-refractivity contribution is 5.84. The molecule has 0 aliphatic rings. The van der Waals surface area contributed by atoms with Crippen LogP contribution in [0.25, 0.3) is 10.9 Å². The molecule has 3 aromatic rings. The molecule has 0 saturated heterocycles. The molecule has 0 aliphatic carbocycles. The molecule has 112 valence electrons. The van der Waals surface area contributed by atoms with Gasteiger partial charge in [-0.25, -0.2) is 4.79 Å². The van der Waals surface area contributed by atoms with Crippen molar-refractivity contribution < 1.29 is 9.47 Å². The summed E-state index contributed by atoms with van der Waals surface area (Å²) in [7, 11) is 1.59. The number of nitrogens with one attached hydrogen (secondary N) is 1. The van der Waals surface area contributed by atoms with Crippen LogP contribution in [0.4, 0.5) is 0 Å². The standard InChI is InChI=1S/C17H16N2O3/c1-11-13-8-15(21-2)16(9-14(13)19-17(20)18-11)22-10-12-6-4-3-5-7-12/h3-9H,10H2,1-2H3,(H,18,19,20). The lowest BCUT2D eigenvalue weighted by Crippen LogP contribution is -2.11. The predicted octanol–water partition coefficient (Wildman–Crippen LogP) is 2.82. The van der Waals surface area contributed by atoms with Crippen LogP contribution >= 0.6 is 0 Å². The molecule has 0 unspecified atom stereocenters. The van der Waals surface area contributed by atoms with Gasteiger partial charge in [-0.3, -0.25) is 0 Å². The number of aromatic amines is 1.